The van der Waals surface area contributed by atoms with E-state index in [2.05, 4.69) is 20.8 Å². The summed E-state index contributed by atoms with van der Waals surface area (Å²) in [6.45, 7) is 6.79. The first-order valence-electron chi connectivity index (χ1n) is 8.66. The topological polar surface area (TPSA) is 54.4 Å². The largest absolute Gasteiger partial charge is 0.384 e. The summed E-state index contributed by atoms with van der Waals surface area (Å²) in [7, 11) is 0. The van der Waals surface area contributed by atoms with Crippen molar-refractivity contribution in [1.82, 2.24) is 0 Å². The number of benzene rings is 1. The fraction of sp³-hybridized carbons (Fsp3) is 0.600. The van der Waals surface area contributed by atoms with Crippen LogP contribution < -0.4 is 0 Å². The lowest BCUT2D eigenvalue weighted by atomic mass is 9.64. The van der Waals surface area contributed by atoms with Gasteiger partial charge in [-0.05, 0) is 42.9 Å². The number of ketones is 2. The number of fused-ring (bicyclic) bond motifs is 1. The first-order valence-corrected chi connectivity index (χ1v) is 8.66. The molecule has 0 radical (unpaired) electrons. The van der Waals surface area contributed by atoms with Crippen LogP contribution in [0.5, 0.6) is 0 Å². The molecule has 2 aliphatic carbocycles. The van der Waals surface area contributed by atoms with Crippen LogP contribution >= 0.6 is 0 Å². The summed E-state index contributed by atoms with van der Waals surface area (Å²) in [5.41, 5.74) is 1.15. The number of aliphatic hydroxyl groups is 1. The van der Waals surface area contributed by atoms with Crippen LogP contribution in [0.25, 0.3) is 0 Å². The maximum Gasteiger partial charge on any atom is 0.192 e. The van der Waals surface area contributed by atoms with Gasteiger partial charge in [0.2, 0.25) is 0 Å². The van der Waals surface area contributed by atoms with E-state index in [1.165, 1.54) is 0 Å². The monoisotopic (exact) mass is 314 g/mol. The zero-order valence-electron chi connectivity index (χ0n) is 14.2. The molecule has 0 bridgehead atoms. The summed E-state index contributed by atoms with van der Waals surface area (Å²) in [4.78, 5) is 25.3. The number of hydrogen-bond donors (Lipinski definition) is 1. The Morgan fingerprint density at radius 2 is 1.43 bits per heavy atom. The van der Waals surface area contributed by atoms with Crippen LogP contribution in [0.4, 0.5) is 0 Å². The number of rotatable bonds is 1. The molecule has 0 spiro atoms. The van der Waals surface area contributed by atoms with E-state index in [-0.39, 0.29) is 22.9 Å². The number of hydrogen-bond acceptors (Lipinski definition) is 3. The van der Waals surface area contributed by atoms with E-state index in [9.17, 15) is 14.7 Å². The third-order valence-electron chi connectivity index (χ3n) is 5.87. The van der Waals surface area contributed by atoms with E-state index in [4.69, 9.17) is 0 Å². The molecule has 1 fully saturated rings. The molecule has 3 rings (SSSR count). The van der Waals surface area contributed by atoms with Gasteiger partial charge in [-0.2, -0.15) is 0 Å². The van der Waals surface area contributed by atoms with Gasteiger partial charge in [-0.3, -0.25) is 9.59 Å². The molecule has 23 heavy (non-hydrogen) atoms. The van der Waals surface area contributed by atoms with Crippen molar-refractivity contribution in [3.63, 3.8) is 0 Å². The van der Waals surface area contributed by atoms with Gasteiger partial charge in [0.05, 0.1) is 5.92 Å². The van der Waals surface area contributed by atoms with Gasteiger partial charge in [-0.25, -0.2) is 0 Å². The van der Waals surface area contributed by atoms with Crippen molar-refractivity contribution in [1.29, 1.82) is 0 Å². The first kappa shape index (κ1) is 16.4. The van der Waals surface area contributed by atoms with Gasteiger partial charge in [-0.1, -0.05) is 45.0 Å². The minimum atomic E-state index is -1.17. The maximum absolute atomic E-state index is 12.8. The molecule has 2 unspecified atom stereocenters. The summed E-state index contributed by atoms with van der Waals surface area (Å²) in [5.74, 6) is -0.126. The van der Waals surface area contributed by atoms with Crippen LogP contribution in [-0.2, 0) is 0 Å². The summed E-state index contributed by atoms with van der Waals surface area (Å²) < 4.78 is 0. The Morgan fingerprint density at radius 1 is 0.913 bits per heavy atom. The standard InChI is InChI=1S/C20H26O3/c1-20(2,3)13-10-8-12(9-11-13)16-17(21)14-6-4-5-7-15(14)18(22)19(16)23/h4-7,12-13,16,19,23H,8-11H2,1-3H3/t12-,13-,16?,19?. The maximum atomic E-state index is 12.8. The molecule has 2 atom stereocenters. The van der Waals surface area contributed by atoms with E-state index < -0.39 is 12.0 Å². The molecule has 3 nitrogen and oxygen atoms in total. The molecular weight excluding hydrogens is 288 g/mol. The van der Waals surface area contributed by atoms with Crippen LogP contribution in [-0.4, -0.2) is 22.8 Å². The highest BCUT2D eigenvalue weighted by atomic mass is 16.3. The summed E-state index contributed by atoms with van der Waals surface area (Å²) >= 11 is 0. The zero-order chi connectivity index (χ0) is 16.8. The third kappa shape index (κ3) is 2.87. The van der Waals surface area contributed by atoms with Gasteiger partial charge >= 0.3 is 0 Å². The van der Waals surface area contributed by atoms with Crippen molar-refractivity contribution < 1.29 is 14.7 Å². The Balaban J connectivity index is 1.82. The Hall–Kier alpha value is -1.48. The third-order valence-corrected chi connectivity index (χ3v) is 5.87. The molecule has 0 amide bonds. The summed E-state index contributed by atoms with van der Waals surface area (Å²) in [6.07, 6.45) is 2.81. The van der Waals surface area contributed by atoms with Gasteiger partial charge in [-0.15, -0.1) is 0 Å². The highest BCUT2D eigenvalue weighted by Gasteiger charge is 2.45. The second-order valence-electron chi connectivity index (χ2n) is 8.22. The Morgan fingerprint density at radius 3 is 1.96 bits per heavy atom. The molecular formula is C20H26O3. The van der Waals surface area contributed by atoms with Crippen LogP contribution in [0.15, 0.2) is 24.3 Å². The SMILES string of the molecule is CC(C)(C)[C@H]1CC[C@H](C2C(=O)c3ccccc3C(=O)C2O)CC1. The molecule has 1 aromatic carbocycles. The summed E-state index contributed by atoms with van der Waals surface area (Å²) in [5, 5.41) is 10.5. The van der Waals surface area contributed by atoms with E-state index in [0.717, 1.165) is 25.7 Å². The quantitative estimate of drug-likeness (QED) is 0.855. The first-order chi connectivity index (χ1) is 10.8. The van der Waals surface area contributed by atoms with E-state index in [1.807, 2.05) is 0 Å². The van der Waals surface area contributed by atoms with Gasteiger partial charge < -0.3 is 5.11 Å². The highest BCUT2D eigenvalue weighted by Crippen LogP contribution is 2.44. The summed E-state index contributed by atoms with van der Waals surface area (Å²) in [6, 6.07) is 6.89. The minimum Gasteiger partial charge on any atom is -0.384 e. The highest BCUT2D eigenvalue weighted by molar-refractivity contribution is 6.17. The number of carbonyl (C=O) groups is 2. The van der Waals surface area contributed by atoms with Crippen molar-refractivity contribution in [2.45, 2.75) is 52.6 Å². The Bertz CT molecular complexity index is 618. The lowest BCUT2D eigenvalue weighted by Crippen LogP contribution is -2.45. The van der Waals surface area contributed by atoms with Crippen LogP contribution in [0.2, 0.25) is 0 Å². The fourth-order valence-corrected chi connectivity index (χ4v) is 4.37. The molecule has 1 N–H and O–H groups in total. The minimum absolute atomic E-state index is 0.0492. The predicted molar refractivity (Wildman–Crippen MR) is 89.5 cm³/mol. The van der Waals surface area contributed by atoms with Gasteiger partial charge in [0.25, 0.3) is 0 Å². The predicted octanol–water partition coefficient (Wildman–Crippen LogP) is 3.90. The number of aliphatic hydroxyl groups excluding tert-OH is 1. The zero-order valence-corrected chi connectivity index (χ0v) is 14.2. The van der Waals surface area contributed by atoms with Crippen molar-refractivity contribution in [2.75, 3.05) is 0 Å². The number of Topliss-reactive ketones (excluding diaryl/α,β-unsaturated/α-hetero) is 2. The molecule has 0 saturated heterocycles. The lowest BCUT2D eigenvalue weighted by Gasteiger charge is -2.41. The van der Waals surface area contributed by atoms with E-state index >= 15 is 0 Å². The smallest absolute Gasteiger partial charge is 0.192 e. The Kier molecular flexibility index (Phi) is 4.18. The molecule has 3 heteroatoms. The van der Waals surface area contributed by atoms with Crippen molar-refractivity contribution in [3.05, 3.63) is 35.4 Å². The lowest BCUT2D eigenvalue weighted by molar-refractivity contribution is 0.0282. The van der Waals surface area contributed by atoms with Crippen molar-refractivity contribution in [3.8, 4) is 0 Å². The molecule has 2 aliphatic rings. The van der Waals surface area contributed by atoms with Gasteiger partial charge in [0.1, 0.15) is 6.10 Å². The molecule has 0 aliphatic heterocycles. The molecule has 1 saturated carbocycles. The molecule has 0 aromatic heterocycles. The van der Waals surface area contributed by atoms with Gasteiger partial charge in [0, 0.05) is 11.1 Å². The van der Waals surface area contributed by atoms with Gasteiger partial charge in [0.15, 0.2) is 11.6 Å². The van der Waals surface area contributed by atoms with E-state index in [0.29, 0.717) is 17.0 Å². The van der Waals surface area contributed by atoms with Crippen molar-refractivity contribution >= 4 is 11.6 Å². The van der Waals surface area contributed by atoms with Crippen LogP contribution in [0, 0.1) is 23.2 Å². The van der Waals surface area contributed by atoms with Crippen LogP contribution in [0.1, 0.15) is 67.2 Å². The normalized spacial score (nSPS) is 31.8. The fourth-order valence-electron chi connectivity index (χ4n) is 4.37. The molecule has 1 aromatic rings. The molecule has 0 heterocycles. The van der Waals surface area contributed by atoms with E-state index in [1.54, 1.807) is 24.3 Å². The second-order valence-corrected chi connectivity index (χ2v) is 8.22. The number of carbonyl (C=O) groups excluding carboxylic acids is 2. The average molecular weight is 314 g/mol. The Labute approximate surface area is 138 Å². The average Bonchev–Trinajstić information content (AvgIpc) is 2.53. The second kappa shape index (κ2) is 5.86. The van der Waals surface area contributed by atoms with Crippen molar-refractivity contribution in [2.24, 2.45) is 23.2 Å². The van der Waals surface area contributed by atoms with Crippen LogP contribution in [0.3, 0.4) is 0 Å². The molecule has 124 valence electrons.